The number of thioether (sulfide) groups is 1. The Hall–Kier alpha value is -1.71. The maximum atomic E-state index is 13.1. The summed E-state index contributed by atoms with van der Waals surface area (Å²) < 4.78 is 1.36. The molecule has 0 saturated carbocycles. The zero-order valence-electron chi connectivity index (χ0n) is 18.1. The van der Waals surface area contributed by atoms with Crippen molar-refractivity contribution in [3.05, 3.63) is 33.1 Å². The van der Waals surface area contributed by atoms with Crippen molar-refractivity contribution in [3.63, 3.8) is 0 Å². The molecule has 1 saturated heterocycles. The van der Waals surface area contributed by atoms with Gasteiger partial charge >= 0.3 is 5.97 Å². The Morgan fingerprint density at radius 1 is 1.03 bits per heavy atom. The zero-order valence-corrected chi connectivity index (χ0v) is 21.3. The molecule has 0 bridgehead atoms. The van der Waals surface area contributed by atoms with Gasteiger partial charge in [0.05, 0.1) is 16.2 Å². The number of rotatable bonds is 11. The number of benzene rings is 1. The molecule has 1 N–H and O–H groups in total. The number of thiocarbonyl (C=S) groups is 1. The molecule has 0 atom stereocenters. The summed E-state index contributed by atoms with van der Waals surface area (Å²) in [5, 5.41) is 8.64. The summed E-state index contributed by atoms with van der Waals surface area (Å²) in [4.78, 5) is 40.1. The van der Waals surface area contributed by atoms with Crippen LogP contribution in [0, 0.1) is 0 Å². The van der Waals surface area contributed by atoms with Crippen molar-refractivity contribution < 1.29 is 19.5 Å². The monoisotopic (exact) mass is 538 g/mol. The Morgan fingerprint density at radius 3 is 2.31 bits per heavy atom. The molecule has 1 aromatic carbocycles. The highest BCUT2D eigenvalue weighted by atomic mass is 79.9. The van der Waals surface area contributed by atoms with Crippen LogP contribution in [0.25, 0.3) is 5.57 Å². The standard InChI is InChI=1S/C23H27BrN2O4S2/c1-25-17-12-11-15(24)14-16(17)19(21(25)29)20-22(30)26(23(31)32-20)13-9-7-5-3-2-4-6-8-10-18(27)28/h11-12,14H,2-10,13H2,1H3,(H,27,28). The third-order valence-corrected chi connectivity index (χ3v) is 7.65. The average molecular weight is 540 g/mol. The maximum Gasteiger partial charge on any atom is 0.303 e. The fourth-order valence-corrected chi connectivity index (χ4v) is 5.70. The predicted molar refractivity (Wildman–Crippen MR) is 136 cm³/mol. The molecule has 0 radical (unpaired) electrons. The average Bonchev–Trinajstić information content (AvgIpc) is 3.15. The molecule has 2 aliphatic heterocycles. The summed E-state index contributed by atoms with van der Waals surface area (Å²) in [5.74, 6) is -1.08. The van der Waals surface area contributed by atoms with E-state index in [4.69, 9.17) is 17.3 Å². The summed E-state index contributed by atoms with van der Waals surface area (Å²) in [6.07, 6.45) is 8.21. The van der Waals surface area contributed by atoms with Gasteiger partial charge in [-0.2, -0.15) is 0 Å². The lowest BCUT2D eigenvalue weighted by atomic mass is 10.1. The summed E-state index contributed by atoms with van der Waals surface area (Å²) in [5.41, 5.74) is 1.99. The van der Waals surface area contributed by atoms with Crippen molar-refractivity contribution >= 4 is 73.3 Å². The first-order valence-corrected chi connectivity index (χ1v) is 12.9. The van der Waals surface area contributed by atoms with E-state index in [9.17, 15) is 14.4 Å². The number of halogens is 1. The lowest BCUT2D eigenvalue weighted by Crippen LogP contribution is -2.29. The number of hydrogen-bond acceptors (Lipinski definition) is 5. The number of carbonyl (C=O) groups excluding carboxylic acids is 2. The summed E-state index contributed by atoms with van der Waals surface area (Å²) in [6.45, 7) is 0.565. The molecule has 172 valence electrons. The van der Waals surface area contributed by atoms with Gasteiger partial charge in [0.15, 0.2) is 0 Å². The Bertz CT molecular complexity index is 963. The van der Waals surface area contributed by atoms with Crippen LogP contribution in [0.2, 0.25) is 0 Å². The fraction of sp³-hybridized carbons (Fsp3) is 0.478. The molecule has 2 heterocycles. The summed E-state index contributed by atoms with van der Waals surface area (Å²) in [6, 6.07) is 5.63. The van der Waals surface area contributed by atoms with Crippen LogP contribution in [0.1, 0.15) is 63.4 Å². The van der Waals surface area contributed by atoms with E-state index in [0.717, 1.165) is 67.1 Å². The Balaban J connectivity index is 1.50. The van der Waals surface area contributed by atoms with E-state index in [1.807, 2.05) is 18.2 Å². The second-order valence-electron chi connectivity index (χ2n) is 8.03. The second-order valence-corrected chi connectivity index (χ2v) is 10.6. The van der Waals surface area contributed by atoms with Gasteiger partial charge in [0.25, 0.3) is 11.8 Å². The molecule has 9 heteroatoms. The van der Waals surface area contributed by atoms with Gasteiger partial charge in [-0.25, -0.2) is 0 Å². The first kappa shape index (κ1) is 24.9. The predicted octanol–water partition coefficient (Wildman–Crippen LogP) is 5.59. The van der Waals surface area contributed by atoms with Gasteiger partial charge in [0, 0.05) is 30.0 Å². The molecule has 1 fully saturated rings. The lowest BCUT2D eigenvalue weighted by Gasteiger charge is -2.14. The lowest BCUT2D eigenvalue weighted by molar-refractivity contribution is -0.137. The van der Waals surface area contributed by atoms with Gasteiger partial charge in [0.1, 0.15) is 4.32 Å². The third-order valence-electron chi connectivity index (χ3n) is 5.71. The van der Waals surface area contributed by atoms with E-state index in [0.29, 0.717) is 21.3 Å². The minimum Gasteiger partial charge on any atom is -0.481 e. The van der Waals surface area contributed by atoms with Crippen LogP contribution in [-0.4, -0.2) is 45.7 Å². The number of nitrogens with zero attached hydrogens (tertiary/aromatic N) is 2. The smallest absolute Gasteiger partial charge is 0.303 e. The Labute approximate surface area is 206 Å². The van der Waals surface area contributed by atoms with Crippen molar-refractivity contribution in [1.82, 2.24) is 4.90 Å². The number of likely N-dealkylation sites (N-methyl/N-ethyl adjacent to an activating group) is 1. The van der Waals surface area contributed by atoms with Crippen molar-refractivity contribution in [2.24, 2.45) is 0 Å². The molecule has 2 aliphatic rings. The number of hydrogen-bond donors (Lipinski definition) is 1. The number of aliphatic carboxylic acids is 1. The molecular weight excluding hydrogens is 512 g/mol. The van der Waals surface area contributed by atoms with Crippen LogP contribution in [0.15, 0.2) is 27.6 Å². The zero-order chi connectivity index (χ0) is 23.3. The van der Waals surface area contributed by atoms with E-state index in [1.165, 1.54) is 11.8 Å². The molecule has 0 spiro atoms. The van der Waals surface area contributed by atoms with Gasteiger partial charge in [-0.05, 0) is 31.0 Å². The molecule has 2 amide bonds. The quantitative estimate of drug-likeness (QED) is 0.224. The molecule has 0 unspecified atom stereocenters. The summed E-state index contributed by atoms with van der Waals surface area (Å²) >= 11 is 10.1. The van der Waals surface area contributed by atoms with E-state index in [-0.39, 0.29) is 18.2 Å². The number of amides is 2. The van der Waals surface area contributed by atoms with Crippen LogP contribution in [-0.2, 0) is 14.4 Å². The minimum absolute atomic E-state index is 0.178. The summed E-state index contributed by atoms with van der Waals surface area (Å²) in [7, 11) is 1.72. The van der Waals surface area contributed by atoms with Gasteiger partial charge in [-0.15, -0.1) is 0 Å². The van der Waals surface area contributed by atoms with Gasteiger partial charge in [-0.3, -0.25) is 19.3 Å². The number of carbonyl (C=O) groups is 3. The number of unbranched alkanes of at least 4 members (excludes halogenated alkanes) is 7. The normalized spacial score (nSPS) is 18.1. The number of fused-ring (bicyclic) bond motifs is 1. The van der Waals surface area contributed by atoms with Gasteiger partial charge in [0.2, 0.25) is 0 Å². The molecule has 1 aromatic rings. The van der Waals surface area contributed by atoms with E-state index >= 15 is 0 Å². The third kappa shape index (κ3) is 5.80. The van der Waals surface area contributed by atoms with E-state index in [1.54, 1.807) is 16.8 Å². The fourth-order valence-electron chi connectivity index (χ4n) is 3.96. The molecule has 0 aromatic heterocycles. The number of carboxylic acids is 1. The van der Waals surface area contributed by atoms with E-state index in [2.05, 4.69) is 15.9 Å². The Kier molecular flexibility index (Phi) is 8.90. The van der Waals surface area contributed by atoms with Crippen LogP contribution in [0.4, 0.5) is 5.69 Å². The van der Waals surface area contributed by atoms with E-state index < -0.39 is 5.97 Å². The number of carboxylic acid groups (broad SMARTS) is 1. The van der Waals surface area contributed by atoms with Crippen molar-refractivity contribution in [2.45, 2.75) is 57.8 Å². The highest BCUT2D eigenvalue weighted by Gasteiger charge is 2.40. The van der Waals surface area contributed by atoms with Crippen LogP contribution >= 0.6 is 39.9 Å². The van der Waals surface area contributed by atoms with Gasteiger partial charge in [-0.1, -0.05) is 78.4 Å². The molecule has 6 nitrogen and oxygen atoms in total. The van der Waals surface area contributed by atoms with Crippen molar-refractivity contribution in [3.8, 4) is 0 Å². The first-order chi connectivity index (χ1) is 15.3. The highest BCUT2D eigenvalue weighted by Crippen LogP contribution is 2.44. The second kappa shape index (κ2) is 11.4. The molecule has 32 heavy (non-hydrogen) atoms. The van der Waals surface area contributed by atoms with Crippen LogP contribution in [0.3, 0.4) is 0 Å². The van der Waals surface area contributed by atoms with Gasteiger partial charge < -0.3 is 10.0 Å². The highest BCUT2D eigenvalue weighted by molar-refractivity contribution is 9.10. The van der Waals surface area contributed by atoms with Crippen molar-refractivity contribution in [2.75, 3.05) is 18.5 Å². The number of anilines is 1. The minimum atomic E-state index is -0.724. The topological polar surface area (TPSA) is 77.9 Å². The maximum absolute atomic E-state index is 13.1. The van der Waals surface area contributed by atoms with Crippen LogP contribution < -0.4 is 4.90 Å². The van der Waals surface area contributed by atoms with Crippen molar-refractivity contribution in [1.29, 1.82) is 0 Å². The Morgan fingerprint density at radius 2 is 1.66 bits per heavy atom. The molecule has 3 rings (SSSR count). The molecule has 0 aliphatic carbocycles. The SMILES string of the molecule is CN1C(=O)C(=C2SC(=S)N(CCCCCCCCCCC(=O)O)C2=O)c2cc(Br)ccc21. The molecular formula is C23H27BrN2O4S2. The van der Waals surface area contributed by atoms with Crippen LogP contribution in [0.5, 0.6) is 0 Å². The first-order valence-electron chi connectivity index (χ1n) is 10.9. The largest absolute Gasteiger partial charge is 0.481 e.